The maximum absolute atomic E-state index is 6.49. The zero-order valence-electron chi connectivity index (χ0n) is 30.2. The second-order valence-electron chi connectivity index (χ2n) is 15.0. The number of nitrogens with zero attached hydrogens (tertiary/aromatic N) is 3. The van der Waals surface area contributed by atoms with E-state index in [4.69, 9.17) is 14.4 Å². The number of furan rings is 1. The van der Waals surface area contributed by atoms with Crippen molar-refractivity contribution >= 4 is 75.4 Å². The first-order chi connectivity index (χ1) is 27.0. The highest BCUT2D eigenvalue weighted by Gasteiger charge is 2.33. The largest absolute Gasteiger partial charge is 0.452 e. The van der Waals surface area contributed by atoms with Gasteiger partial charge in [-0.2, -0.15) is 10.0 Å². The molecule has 4 nitrogen and oxygen atoms in total. The van der Waals surface area contributed by atoms with E-state index in [2.05, 4.69) is 163 Å². The molecule has 0 spiro atoms. The van der Waals surface area contributed by atoms with E-state index in [0.717, 1.165) is 44.4 Å². The lowest BCUT2D eigenvalue weighted by atomic mass is 9.97. The number of rotatable bonds is 3. The summed E-state index contributed by atoms with van der Waals surface area (Å²) in [6.45, 7) is 0. The van der Waals surface area contributed by atoms with Gasteiger partial charge in [-0.25, -0.2) is 9.97 Å². The fraction of sp³-hybridized carbons (Fsp3) is 0.0400. The summed E-state index contributed by atoms with van der Waals surface area (Å²) in [7, 11) is -1.12. The molecule has 11 aromatic rings. The van der Waals surface area contributed by atoms with Crippen LogP contribution in [0.3, 0.4) is 0 Å². The molecule has 3 aromatic heterocycles. The van der Waals surface area contributed by atoms with Gasteiger partial charge in [0, 0.05) is 48.3 Å². The van der Waals surface area contributed by atoms with Gasteiger partial charge in [0.05, 0.1) is 11.0 Å². The van der Waals surface area contributed by atoms with Crippen molar-refractivity contribution in [3.8, 4) is 39.5 Å². The van der Waals surface area contributed by atoms with Crippen molar-refractivity contribution in [1.82, 2.24) is 14.5 Å². The Morgan fingerprint density at radius 3 is 2.22 bits per heavy atom. The van der Waals surface area contributed by atoms with Crippen LogP contribution in [0.25, 0.3) is 105 Å². The Hall–Kier alpha value is -6.69. The van der Waals surface area contributed by atoms with Crippen molar-refractivity contribution in [2.75, 3.05) is 12.5 Å². The molecule has 0 aliphatic carbocycles. The summed E-state index contributed by atoms with van der Waals surface area (Å²) in [6.07, 6.45) is 4.86. The first kappa shape index (κ1) is 30.7. The van der Waals surface area contributed by atoms with E-state index < -0.39 is 10.0 Å². The van der Waals surface area contributed by atoms with E-state index in [9.17, 15) is 0 Å². The van der Waals surface area contributed by atoms with Gasteiger partial charge in [0.25, 0.3) is 0 Å². The minimum absolute atomic E-state index is 0.662. The molecule has 12 rings (SSSR count). The smallest absolute Gasteiger partial charge is 0.180 e. The maximum Gasteiger partial charge on any atom is 0.180 e. The van der Waals surface area contributed by atoms with E-state index in [1.165, 1.54) is 58.9 Å². The normalized spacial score (nSPS) is 14.0. The summed E-state index contributed by atoms with van der Waals surface area (Å²) in [6, 6.07) is 59.1. The Bertz CT molecular complexity index is 3430. The highest BCUT2D eigenvalue weighted by atomic mass is 32.3. The average molecular weight is 724 g/mol. The van der Waals surface area contributed by atoms with Gasteiger partial charge in [0.15, 0.2) is 11.4 Å². The topological polar surface area (TPSA) is 43.9 Å². The van der Waals surface area contributed by atoms with Crippen LogP contribution in [0.4, 0.5) is 0 Å². The minimum atomic E-state index is -1.12. The van der Waals surface area contributed by atoms with Crippen LogP contribution in [-0.2, 0) is 0 Å². The number of hydrogen-bond acceptors (Lipinski definition) is 3. The molecule has 0 amide bonds. The monoisotopic (exact) mass is 723 g/mol. The van der Waals surface area contributed by atoms with Crippen molar-refractivity contribution < 1.29 is 4.42 Å². The third-order valence-corrected chi connectivity index (χ3v) is 14.5. The van der Waals surface area contributed by atoms with Crippen molar-refractivity contribution in [3.05, 3.63) is 164 Å². The number of para-hydroxylation sites is 2. The number of benzene rings is 8. The molecule has 1 aliphatic rings. The molecule has 260 valence electrons. The molecule has 8 aromatic carbocycles. The zero-order valence-corrected chi connectivity index (χ0v) is 31.1. The van der Waals surface area contributed by atoms with Crippen LogP contribution in [0.2, 0.25) is 0 Å². The van der Waals surface area contributed by atoms with Crippen LogP contribution in [0, 0.1) is 0 Å². The van der Waals surface area contributed by atoms with E-state index in [0.29, 0.717) is 11.4 Å². The second-order valence-corrected chi connectivity index (χ2v) is 18.5. The molecule has 0 unspecified atom stereocenters. The molecule has 5 heteroatoms. The summed E-state index contributed by atoms with van der Waals surface area (Å²) in [5.41, 5.74) is 11.2. The molecular weight excluding hydrogens is 691 g/mol. The minimum Gasteiger partial charge on any atom is -0.452 e. The van der Waals surface area contributed by atoms with Crippen LogP contribution in [-0.4, -0.2) is 27.0 Å². The summed E-state index contributed by atoms with van der Waals surface area (Å²) in [4.78, 5) is 13.5. The van der Waals surface area contributed by atoms with Crippen LogP contribution < -0.4 is 0 Å². The molecule has 0 saturated heterocycles. The maximum atomic E-state index is 6.49. The highest BCUT2D eigenvalue weighted by Crippen LogP contribution is 2.68. The third kappa shape index (κ3) is 4.36. The van der Waals surface area contributed by atoms with Crippen LogP contribution in [0.5, 0.6) is 0 Å². The SMILES string of the molecule is CS1(C)c2ccccc2-c2c1ccc1cc3c4ccccc4n(-c4cccc(-c5nc(-c6ccc7ccccc7c6)c6oc7ccccc7c6n5)c4)c3cc21. The predicted molar refractivity (Wildman–Crippen MR) is 231 cm³/mol. The van der Waals surface area contributed by atoms with Crippen LogP contribution >= 0.6 is 10.0 Å². The molecule has 0 bridgehead atoms. The van der Waals surface area contributed by atoms with E-state index >= 15 is 0 Å². The highest BCUT2D eigenvalue weighted by molar-refractivity contribution is 8.33. The third-order valence-electron chi connectivity index (χ3n) is 11.6. The summed E-state index contributed by atoms with van der Waals surface area (Å²) >= 11 is 0. The van der Waals surface area contributed by atoms with Gasteiger partial charge < -0.3 is 8.98 Å². The second kappa shape index (κ2) is 11.2. The van der Waals surface area contributed by atoms with Crippen molar-refractivity contribution in [2.24, 2.45) is 0 Å². The first-order valence-corrected chi connectivity index (χ1v) is 21.1. The predicted octanol–water partition coefficient (Wildman–Crippen LogP) is 13.6. The van der Waals surface area contributed by atoms with E-state index in [-0.39, 0.29) is 0 Å². The van der Waals surface area contributed by atoms with Gasteiger partial charge >= 0.3 is 0 Å². The molecule has 0 radical (unpaired) electrons. The Kier molecular flexibility index (Phi) is 6.24. The van der Waals surface area contributed by atoms with Crippen LogP contribution in [0.1, 0.15) is 0 Å². The Labute approximate surface area is 318 Å². The molecule has 1 aliphatic heterocycles. The Balaban J connectivity index is 1.10. The standard InChI is InChI=1S/C50H33N3OS/c1-55(2)44-21-10-7-18-38(44)46-39-29-42-40(28-32(39)24-25-45(46)55)36-16-5-8-19-41(36)53(42)35-15-11-14-34(27-35)50-51-47(33-23-22-30-12-3-4-13-31(30)26-33)49-48(52-50)37-17-6-9-20-43(37)54-49/h3-29H,1-2H3. The number of hydrogen-bond donors (Lipinski definition) is 0. The number of aromatic nitrogens is 3. The summed E-state index contributed by atoms with van der Waals surface area (Å²) < 4.78 is 8.91. The molecule has 55 heavy (non-hydrogen) atoms. The molecule has 0 saturated carbocycles. The summed E-state index contributed by atoms with van der Waals surface area (Å²) in [5.74, 6) is 0.662. The van der Waals surface area contributed by atoms with E-state index in [1.807, 2.05) is 18.2 Å². The lowest BCUT2D eigenvalue weighted by molar-refractivity contribution is 0.667. The van der Waals surface area contributed by atoms with Crippen molar-refractivity contribution in [1.29, 1.82) is 0 Å². The first-order valence-electron chi connectivity index (χ1n) is 18.6. The molecule has 4 heterocycles. The van der Waals surface area contributed by atoms with Crippen LogP contribution in [0.15, 0.2) is 178 Å². The molecule has 0 atom stereocenters. The van der Waals surface area contributed by atoms with E-state index in [1.54, 1.807) is 0 Å². The average Bonchev–Trinajstić information content (AvgIpc) is 3.85. The van der Waals surface area contributed by atoms with Gasteiger partial charge in [0.1, 0.15) is 16.8 Å². The lowest BCUT2D eigenvalue weighted by Crippen LogP contribution is -1.97. The quantitative estimate of drug-likeness (QED) is 0.182. The van der Waals surface area contributed by atoms with Gasteiger partial charge in [0.2, 0.25) is 0 Å². The molecule has 0 fully saturated rings. The van der Waals surface area contributed by atoms with Gasteiger partial charge in [-0.1, -0.05) is 103 Å². The van der Waals surface area contributed by atoms with Gasteiger partial charge in [-0.3, -0.25) is 0 Å². The Morgan fingerprint density at radius 2 is 1.29 bits per heavy atom. The fourth-order valence-corrected chi connectivity index (χ4v) is 11.5. The molecule has 0 N–H and O–H groups in total. The zero-order chi connectivity index (χ0) is 36.4. The van der Waals surface area contributed by atoms with Crippen molar-refractivity contribution in [3.63, 3.8) is 0 Å². The molecular formula is C50H33N3OS. The van der Waals surface area contributed by atoms with Crippen molar-refractivity contribution in [2.45, 2.75) is 9.79 Å². The summed E-state index contributed by atoms with van der Waals surface area (Å²) in [5, 5.41) is 8.37. The van der Waals surface area contributed by atoms with Gasteiger partial charge in [-0.05, 0) is 100 Å². The number of fused-ring (bicyclic) bond motifs is 12. The fourth-order valence-electron chi connectivity index (χ4n) is 9.02. The Morgan fingerprint density at radius 1 is 0.509 bits per heavy atom. The lowest BCUT2D eigenvalue weighted by Gasteiger charge is -2.28. The van der Waals surface area contributed by atoms with Gasteiger partial charge in [-0.15, -0.1) is 0 Å².